The van der Waals surface area contributed by atoms with E-state index in [4.69, 9.17) is 0 Å². The molecule has 3 heteroatoms. The fourth-order valence-corrected chi connectivity index (χ4v) is 3.08. The van der Waals surface area contributed by atoms with Crippen LogP contribution in [-0.4, -0.2) is 0 Å². The fourth-order valence-electron chi connectivity index (χ4n) is 2.47. The average molecular weight is 337 g/mol. The van der Waals surface area contributed by atoms with Gasteiger partial charge in [-0.1, -0.05) is 40.2 Å². The van der Waals surface area contributed by atoms with E-state index in [0.717, 1.165) is 26.6 Å². The fraction of sp³-hybridized carbons (Fsp3) is 0.0556. The number of aryl methyl sites for hydroxylation is 1. The van der Waals surface area contributed by atoms with Crippen molar-refractivity contribution in [3.8, 4) is 6.07 Å². The van der Waals surface area contributed by atoms with Crippen LogP contribution in [0.4, 0.5) is 11.4 Å². The molecule has 0 aliphatic rings. The van der Waals surface area contributed by atoms with Crippen LogP contribution >= 0.6 is 15.9 Å². The molecule has 0 amide bonds. The molecule has 1 N–H and O–H groups in total. The molecule has 0 atom stereocenters. The molecule has 3 aromatic rings. The van der Waals surface area contributed by atoms with Crippen LogP contribution in [-0.2, 0) is 0 Å². The molecule has 102 valence electrons. The van der Waals surface area contributed by atoms with Crippen molar-refractivity contribution in [1.29, 1.82) is 5.26 Å². The number of nitrogens with one attached hydrogen (secondary N) is 1. The summed E-state index contributed by atoms with van der Waals surface area (Å²) >= 11 is 3.52. The summed E-state index contributed by atoms with van der Waals surface area (Å²) in [6.07, 6.45) is 0. The van der Waals surface area contributed by atoms with Crippen LogP contribution in [0.5, 0.6) is 0 Å². The summed E-state index contributed by atoms with van der Waals surface area (Å²) < 4.78 is 1.04. The number of anilines is 2. The lowest BCUT2D eigenvalue weighted by Gasteiger charge is -2.12. The Labute approximate surface area is 132 Å². The van der Waals surface area contributed by atoms with E-state index in [1.807, 2.05) is 42.5 Å². The first-order valence-electron chi connectivity index (χ1n) is 6.63. The van der Waals surface area contributed by atoms with Crippen LogP contribution in [0.3, 0.4) is 0 Å². The topological polar surface area (TPSA) is 35.8 Å². The summed E-state index contributed by atoms with van der Waals surface area (Å²) in [6.45, 7) is 2.06. The van der Waals surface area contributed by atoms with Crippen LogP contribution in [0.25, 0.3) is 10.8 Å². The van der Waals surface area contributed by atoms with Gasteiger partial charge in [-0.15, -0.1) is 0 Å². The lowest BCUT2D eigenvalue weighted by Crippen LogP contribution is -1.93. The van der Waals surface area contributed by atoms with Crippen molar-refractivity contribution >= 4 is 38.1 Å². The molecule has 0 heterocycles. The first kappa shape index (κ1) is 13.7. The number of hydrogen-bond donors (Lipinski definition) is 1. The SMILES string of the molecule is Cc1cc(Br)cc(Nc2ccc(C#N)c3ccccc23)c1. The standard InChI is InChI=1S/C18H13BrN2/c1-12-8-14(19)10-15(9-12)21-18-7-6-13(11-20)16-4-2-3-5-17(16)18/h2-10,21H,1H3. The number of nitrogens with zero attached hydrogens (tertiary/aromatic N) is 1. The van der Waals surface area contributed by atoms with E-state index in [9.17, 15) is 5.26 Å². The van der Waals surface area contributed by atoms with Crippen LogP contribution in [0, 0.1) is 18.3 Å². The molecule has 21 heavy (non-hydrogen) atoms. The van der Waals surface area contributed by atoms with Crippen molar-refractivity contribution in [2.75, 3.05) is 5.32 Å². The van der Waals surface area contributed by atoms with E-state index in [-0.39, 0.29) is 0 Å². The number of benzene rings is 3. The lowest BCUT2D eigenvalue weighted by molar-refractivity contribution is 1.43. The van der Waals surface area contributed by atoms with Gasteiger partial charge in [-0.2, -0.15) is 5.26 Å². The van der Waals surface area contributed by atoms with Crippen molar-refractivity contribution in [3.63, 3.8) is 0 Å². The molecule has 0 aliphatic heterocycles. The minimum absolute atomic E-state index is 0.696. The zero-order valence-corrected chi connectivity index (χ0v) is 13.1. The van der Waals surface area contributed by atoms with Gasteiger partial charge in [0.25, 0.3) is 0 Å². The molecule has 0 saturated carbocycles. The van der Waals surface area contributed by atoms with Gasteiger partial charge < -0.3 is 5.32 Å². The third-order valence-electron chi connectivity index (χ3n) is 3.37. The van der Waals surface area contributed by atoms with Crippen molar-refractivity contribution in [3.05, 3.63) is 70.2 Å². The Kier molecular flexibility index (Phi) is 3.64. The monoisotopic (exact) mass is 336 g/mol. The number of hydrogen-bond acceptors (Lipinski definition) is 2. The Hall–Kier alpha value is -2.31. The second kappa shape index (κ2) is 5.59. The first-order valence-corrected chi connectivity index (χ1v) is 7.43. The normalized spacial score (nSPS) is 10.3. The number of halogens is 1. The van der Waals surface area contributed by atoms with E-state index in [1.54, 1.807) is 0 Å². The Morgan fingerprint density at radius 1 is 1.00 bits per heavy atom. The highest BCUT2D eigenvalue weighted by molar-refractivity contribution is 9.10. The highest BCUT2D eigenvalue weighted by Crippen LogP contribution is 2.30. The smallest absolute Gasteiger partial charge is 0.0998 e. The van der Waals surface area contributed by atoms with E-state index in [1.165, 1.54) is 5.56 Å². The van der Waals surface area contributed by atoms with Gasteiger partial charge in [-0.05, 0) is 42.8 Å². The maximum atomic E-state index is 9.21. The summed E-state index contributed by atoms with van der Waals surface area (Å²) in [5.74, 6) is 0. The minimum Gasteiger partial charge on any atom is -0.355 e. The number of nitriles is 1. The van der Waals surface area contributed by atoms with E-state index in [2.05, 4.69) is 46.4 Å². The van der Waals surface area contributed by atoms with Gasteiger partial charge >= 0.3 is 0 Å². The number of rotatable bonds is 2. The second-order valence-electron chi connectivity index (χ2n) is 4.96. The van der Waals surface area contributed by atoms with Crippen LogP contribution in [0.1, 0.15) is 11.1 Å². The molecule has 0 unspecified atom stereocenters. The van der Waals surface area contributed by atoms with Crippen molar-refractivity contribution < 1.29 is 0 Å². The highest BCUT2D eigenvalue weighted by atomic mass is 79.9. The number of fused-ring (bicyclic) bond motifs is 1. The molecule has 0 bridgehead atoms. The van der Waals surface area contributed by atoms with E-state index in [0.29, 0.717) is 5.56 Å². The Morgan fingerprint density at radius 2 is 1.76 bits per heavy atom. The Bertz CT molecular complexity index is 842. The average Bonchev–Trinajstić information content (AvgIpc) is 2.46. The first-order chi connectivity index (χ1) is 10.2. The largest absolute Gasteiger partial charge is 0.355 e. The van der Waals surface area contributed by atoms with Gasteiger partial charge in [0, 0.05) is 26.6 Å². The lowest BCUT2D eigenvalue weighted by atomic mass is 10.0. The van der Waals surface area contributed by atoms with Crippen molar-refractivity contribution in [2.24, 2.45) is 0 Å². The molecule has 0 fully saturated rings. The Balaban J connectivity index is 2.11. The maximum Gasteiger partial charge on any atom is 0.0998 e. The summed E-state index contributed by atoms with van der Waals surface area (Å²) in [4.78, 5) is 0. The minimum atomic E-state index is 0.696. The molecular weight excluding hydrogens is 324 g/mol. The van der Waals surface area contributed by atoms with Gasteiger partial charge in [-0.3, -0.25) is 0 Å². The molecule has 0 radical (unpaired) electrons. The third-order valence-corrected chi connectivity index (χ3v) is 3.82. The molecule has 0 aliphatic carbocycles. The maximum absolute atomic E-state index is 9.21. The van der Waals surface area contributed by atoms with E-state index < -0.39 is 0 Å². The predicted octanol–water partition coefficient (Wildman–Crippen LogP) is 5.53. The van der Waals surface area contributed by atoms with Gasteiger partial charge in [0.1, 0.15) is 0 Å². The molecule has 3 rings (SSSR count). The summed E-state index contributed by atoms with van der Waals surface area (Å²) in [5.41, 5.74) is 3.91. The summed E-state index contributed by atoms with van der Waals surface area (Å²) in [5, 5.41) is 14.7. The molecular formula is C18H13BrN2. The predicted molar refractivity (Wildman–Crippen MR) is 90.8 cm³/mol. The third kappa shape index (κ3) is 2.76. The quantitative estimate of drug-likeness (QED) is 0.668. The van der Waals surface area contributed by atoms with Crippen LogP contribution in [0.15, 0.2) is 59.1 Å². The van der Waals surface area contributed by atoms with Gasteiger partial charge in [0.15, 0.2) is 0 Å². The molecule has 0 aromatic heterocycles. The Morgan fingerprint density at radius 3 is 2.48 bits per heavy atom. The van der Waals surface area contributed by atoms with Crippen LogP contribution < -0.4 is 5.32 Å². The molecule has 0 spiro atoms. The van der Waals surface area contributed by atoms with E-state index >= 15 is 0 Å². The summed E-state index contributed by atoms with van der Waals surface area (Å²) in [7, 11) is 0. The molecule has 0 saturated heterocycles. The highest BCUT2D eigenvalue weighted by Gasteiger charge is 2.06. The van der Waals surface area contributed by atoms with Crippen molar-refractivity contribution in [1.82, 2.24) is 0 Å². The molecule has 2 nitrogen and oxygen atoms in total. The summed E-state index contributed by atoms with van der Waals surface area (Å²) in [6, 6.07) is 20.2. The molecule has 3 aromatic carbocycles. The zero-order chi connectivity index (χ0) is 14.8. The van der Waals surface area contributed by atoms with Crippen LogP contribution in [0.2, 0.25) is 0 Å². The van der Waals surface area contributed by atoms with Gasteiger partial charge in [0.2, 0.25) is 0 Å². The second-order valence-corrected chi connectivity index (χ2v) is 5.88. The van der Waals surface area contributed by atoms with Gasteiger partial charge in [-0.25, -0.2) is 0 Å². The van der Waals surface area contributed by atoms with Gasteiger partial charge in [0.05, 0.1) is 11.6 Å². The van der Waals surface area contributed by atoms with Crippen molar-refractivity contribution in [2.45, 2.75) is 6.92 Å². The zero-order valence-electron chi connectivity index (χ0n) is 11.5.